The van der Waals surface area contributed by atoms with Gasteiger partial charge in [0.1, 0.15) is 17.5 Å². The third-order valence-corrected chi connectivity index (χ3v) is 4.35. The van der Waals surface area contributed by atoms with Gasteiger partial charge in [0, 0.05) is 31.6 Å². The number of nitrogens with one attached hydrogen (secondary N) is 1. The largest absolute Gasteiger partial charge is 0.384 e. The molecular weight excluding hydrogens is 338 g/mol. The molecule has 1 saturated heterocycles. The molecule has 4 rings (SSSR count). The Balaban J connectivity index is 1.45. The average molecular weight is 355 g/mol. The lowest BCUT2D eigenvalue weighted by molar-refractivity contribution is -0.132. The minimum Gasteiger partial charge on any atom is -0.384 e. The van der Waals surface area contributed by atoms with Crippen LogP contribution in [-0.4, -0.2) is 37.6 Å². The maximum absolute atomic E-state index is 12.6. The van der Waals surface area contributed by atoms with Crippen molar-refractivity contribution in [1.29, 1.82) is 0 Å². The molecule has 0 spiro atoms. The fourth-order valence-electron chi connectivity index (χ4n) is 3.11. The Morgan fingerprint density at radius 2 is 2.31 bits per heavy atom. The zero-order chi connectivity index (χ0) is 17.9. The molecule has 0 aromatic carbocycles. The van der Waals surface area contributed by atoms with E-state index in [1.807, 2.05) is 12.1 Å². The zero-order valence-electron chi connectivity index (χ0n) is 13.9. The number of rotatable bonds is 5. The lowest BCUT2D eigenvalue weighted by Crippen LogP contribution is -2.30. The highest BCUT2D eigenvalue weighted by molar-refractivity contribution is 5.77. The first kappa shape index (κ1) is 16.2. The lowest BCUT2D eigenvalue weighted by Gasteiger charge is -2.21. The topological polar surface area (TPSA) is 118 Å². The van der Waals surface area contributed by atoms with Crippen LogP contribution in [0, 0.1) is 0 Å². The van der Waals surface area contributed by atoms with Gasteiger partial charge in [-0.15, -0.1) is 0 Å². The predicted molar refractivity (Wildman–Crippen MR) is 88.9 cm³/mol. The molecule has 1 aliphatic rings. The van der Waals surface area contributed by atoms with Gasteiger partial charge in [-0.1, -0.05) is 11.2 Å². The number of aromatic nitrogens is 4. The number of likely N-dealkylation sites (tertiary alicyclic amines) is 1. The molecule has 1 fully saturated rings. The normalized spacial score (nSPS) is 16.9. The van der Waals surface area contributed by atoms with Gasteiger partial charge in [0.15, 0.2) is 0 Å². The van der Waals surface area contributed by atoms with Gasteiger partial charge in [-0.2, -0.15) is 10.1 Å². The standard InChI is InChI=1S/C17H17N5O4/c23-14-10-11(25-20-14)6-7-15(24)22-9-3-5-13(22)17-19-16(21-26-17)12-4-1-2-8-18-12/h1-2,4,8,10,13H,3,5-7,9H2,(H,20,23)/t13-/m0/s1. The van der Waals surface area contributed by atoms with Gasteiger partial charge in [-0.3, -0.25) is 14.6 Å². The summed E-state index contributed by atoms with van der Waals surface area (Å²) in [6, 6.07) is 6.59. The summed E-state index contributed by atoms with van der Waals surface area (Å²) in [5, 5.41) is 6.20. The van der Waals surface area contributed by atoms with Crippen LogP contribution in [0.3, 0.4) is 0 Å². The number of H-pyrrole nitrogens is 1. The quantitative estimate of drug-likeness (QED) is 0.740. The SMILES string of the molecule is O=C(CCc1cc(=O)[nH]o1)N1CCC[C@H]1c1nc(-c2ccccn2)no1. The first-order chi connectivity index (χ1) is 12.7. The van der Waals surface area contributed by atoms with E-state index in [4.69, 9.17) is 9.05 Å². The molecule has 0 unspecified atom stereocenters. The molecule has 1 N–H and O–H groups in total. The second-order valence-electron chi connectivity index (χ2n) is 6.10. The summed E-state index contributed by atoms with van der Waals surface area (Å²) in [5.41, 5.74) is 0.320. The molecule has 0 bridgehead atoms. The Kier molecular flexibility index (Phi) is 4.34. The highest BCUT2D eigenvalue weighted by atomic mass is 16.5. The number of pyridine rings is 1. The van der Waals surface area contributed by atoms with Crippen molar-refractivity contribution in [3.63, 3.8) is 0 Å². The van der Waals surface area contributed by atoms with Gasteiger partial charge in [0.25, 0.3) is 5.56 Å². The second-order valence-corrected chi connectivity index (χ2v) is 6.10. The molecule has 134 valence electrons. The maximum Gasteiger partial charge on any atom is 0.280 e. The number of carbonyl (C=O) groups excluding carboxylic acids is 1. The number of amides is 1. The molecule has 0 radical (unpaired) electrons. The van der Waals surface area contributed by atoms with Gasteiger partial charge in [0.2, 0.25) is 17.6 Å². The summed E-state index contributed by atoms with van der Waals surface area (Å²) < 4.78 is 10.4. The first-order valence-corrected chi connectivity index (χ1v) is 8.42. The van der Waals surface area contributed by atoms with Crippen molar-refractivity contribution in [3.8, 4) is 11.5 Å². The van der Waals surface area contributed by atoms with Gasteiger partial charge in [-0.25, -0.2) is 0 Å². The monoisotopic (exact) mass is 355 g/mol. The Bertz CT molecular complexity index is 945. The second kappa shape index (κ2) is 6.95. The lowest BCUT2D eigenvalue weighted by atomic mass is 10.2. The summed E-state index contributed by atoms with van der Waals surface area (Å²) in [6.45, 7) is 0.641. The van der Waals surface area contributed by atoms with E-state index >= 15 is 0 Å². The van der Waals surface area contributed by atoms with Gasteiger partial charge < -0.3 is 13.9 Å². The third kappa shape index (κ3) is 3.28. The molecule has 4 heterocycles. The Hall–Kier alpha value is -3.23. The van der Waals surface area contributed by atoms with Crippen molar-refractivity contribution >= 4 is 5.91 Å². The fourth-order valence-corrected chi connectivity index (χ4v) is 3.11. The summed E-state index contributed by atoms with van der Waals surface area (Å²) in [5.74, 6) is 1.27. The van der Waals surface area contributed by atoms with Crippen molar-refractivity contribution < 1.29 is 13.8 Å². The number of hydrogen-bond acceptors (Lipinski definition) is 7. The van der Waals surface area contributed by atoms with Crippen LogP contribution >= 0.6 is 0 Å². The molecule has 26 heavy (non-hydrogen) atoms. The minimum absolute atomic E-state index is 0.0334. The predicted octanol–water partition coefficient (Wildman–Crippen LogP) is 1.71. The van der Waals surface area contributed by atoms with E-state index < -0.39 is 0 Å². The Labute approximate surface area is 148 Å². The third-order valence-electron chi connectivity index (χ3n) is 4.35. The van der Waals surface area contributed by atoms with E-state index in [-0.39, 0.29) is 23.9 Å². The molecule has 1 amide bonds. The van der Waals surface area contributed by atoms with Crippen LogP contribution in [0.2, 0.25) is 0 Å². The van der Waals surface area contributed by atoms with Crippen LogP contribution in [0.4, 0.5) is 0 Å². The number of nitrogens with zero attached hydrogens (tertiary/aromatic N) is 4. The van der Waals surface area contributed by atoms with Crippen LogP contribution < -0.4 is 5.56 Å². The van der Waals surface area contributed by atoms with E-state index in [1.54, 1.807) is 17.2 Å². The van der Waals surface area contributed by atoms with Crippen LogP contribution in [0.25, 0.3) is 11.5 Å². The first-order valence-electron chi connectivity index (χ1n) is 8.42. The average Bonchev–Trinajstić information content (AvgIpc) is 3.40. The number of aryl methyl sites for hydroxylation is 1. The summed E-state index contributed by atoms with van der Waals surface area (Å²) in [7, 11) is 0. The molecule has 3 aromatic heterocycles. The van der Waals surface area contributed by atoms with Crippen molar-refractivity contribution in [1.82, 2.24) is 25.2 Å². The van der Waals surface area contributed by atoms with E-state index in [0.717, 1.165) is 12.8 Å². The van der Waals surface area contributed by atoms with Crippen molar-refractivity contribution in [2.75, 3.05) is 6.54 Å². The molecule has 0 saturated carbocycles. The van der Waals surface area contributed by atoms with Crippen LogP contribution in [-0.2, 0) is 11.2 Å². The zero-order valence-corrected chi connectivity index (χ0v) is 13.9. The molecule has 1 atom stereocenters. The molecule has 3 aromatic rings. The van der Waals surface area contributed by atoms with Gasteiger partial charge >= 0.3 is 0 Å². The highest BCUT2D eigenvalue weighted by Crippen LogP contribution is 2.32. The van der Waals surface area contributed by atoms with E-state index in [9.17, 15) is 9.59 Å². The molecular formula is C17H17N5O4. The highest BCUT2D eigenvalue weighted by Gasteiger charge is 2.34. The van der Waals surface area contributed by atoms with Crippen LogP contribution in [0.15, 0.2) is 44.3 Å². The van der Waals surface area contributed by atoms with Crippen molar-refractivity contribution in [2.24, 2.45) is 0 Å². The van der Waals surface area contributed by atoms with E-state index in [2.05, 4.69) is 20.3 Å². The number of carbonyl (C=O) groups is 1. The Morgan fingerprint density at radius 1 is 1.38 bits per heavy atom. The van der Waals surface area contributed by atoms with Crippen LogP contribution in [0.1, 0.15) is 37.0 Å². The molecule has 9 heteroatoms. The Morgan fingerprint density at radius 3 is 3.08 bits per heavy atom. The van der Waals surface area contributed by atoms with Crippen LogP contribution in [0.5, 0.6) is 0 Å². The molecule has 9 nitrogen and oxygen atoms in total. The maximum atomic E-state index is 12.6. The number of aromatic amines is 1. The molecule has 0 aliphatic carbocycles. The van der Waals surface area contributed by atoms with E-state index in [1.165, 1.54) is 6.07 Å². The van der Waals surface area contributed by atoms with Crippen molar-refractivity contribution in [2.45, 2.75) is 31.7 Å². The van der Waals surface area contributed by atoms with Gasteiger partial charge in [-0.05, 0) is 25.0 Å². The van der Waals surface area contributed by atoms with Crippen molar-refractivity contribution in [3.05, 3.63) is 52.5 Å². The van der Waals surface area contributed by atoms with E-state index in [0.29, 0.717) is 36.1 Å². The minimum atomic E-state index is -0.306. The summed E-state index contributed by atoms with van der Waals surface area (Å²) in [6.07, 6.45) is 3.92. The number of hydrogen-bond donors (Lipinski definition) is 1. The summed E-state index contributed by atoms with van der Waals surface area (Å²) in [4.78, 5) is 34.0. The summed E-state index contributed by atoms with van der Waals surface area (Å²) >= 11 is 0. The smallest absolute Gasteiger partial charge is 0.280 e. The van der Waals surface area contributed by atoms with Gasteiger partial charge in [0.05, 0.1) is 0 Å². The molecule has 1 aliphatic heterocycles. The fraction of sp³-hybridized carbons (Fsp3) is 0.353.